The zero-order valence-corrected chi connectivity index (χ0v) is 20.0. The molecule has 1 amide bonds. The van der Waals surface area contributed by atoms with E-state index in [4.69, 9.17) is 14.5 Å². The molecule has 3 N–H and O–H groups in total. The summed E-state index contributed by atoms with van der Waals surface area (Å²) < 4.78 is 11.5. The van der Waals surface area contributed by atoms with Crippen molar-refractivity contribution in [1.82, 2.24) is 15.3 Å². The van der Waals surface area contributed by atoms with Crippen molar-refractivity contribution in [3.63, 3.8) is 0 Å². The average molecular weight is 482 g/mol. The Morgan fingerprint density at radius 2 is 2.08 bits per heavy atom. The number of morpholine rings is 1. The number of fused-ring (bicyclic) bond motifs is 1. The van der Waals surface area contributed by atoms with Gasteiger partial charge < -0.3 is 25.4 Å². The third-order valence-corrected chi connectivity index (χ3v) is 6.01. The molecule has 1 atom stereocenters. The number of nitrogens with one attached hydrogen (secondary N) is 3. The Kier molecular flexibility index (Phi) is 6.88. The molecule has 0 saturated carbocycles. The summed E-state index contributed by atoms with van der Waals surface area (Å²) in [6, 6.07) is 19.5. The van der Waals surface area contributed by atoms with Gasteiger partial charge in [-0.25, -0.2) is 9.97 Å². The summed E-state index contributed by atoms with van der Waals surface area (Å²) >= 11 is 0. The van der Waals surface area contributed by atoms with E-state index in [0.717, 1.165) is 46.4 Å². The smallest absolute Gasteiger partial charge is 0.247 e. The van der Waals surface area contributed by atoms with Gasteiger partial charge in [0.25, 0.3) is 0 Å². The van der Waals surface area contributed by atoms with Crippen molar-refractivity contribution in [2.24, 2.45) is 0 Å². The molecule has 8 nitrogen and oxygen atoms in total. The highest BCUT2D eigenvalue weighted by molar-refractivity contribution is 6.00. The first kappa shape index (κ1) is 23.5. The third-order valence-electron chi connectivity index (χ3n) is 6.01. The van der Waals surface area contributed by atoms with Crippen LogP contribution in [0, 0.1) is 0 Å². The number of carbonyl (C=O) groups is 1. The average Bonchev–Trinajstić information content (AvgIpc) is 2.93. The van der Waals surface area contributed by atoms with E-state index >= 15 is 0 Å². The molecule has 8 heteroatoms. The number of amides is 1. The fourth-order valence-electron chi connectivity index (χ4n) is 4.22. The molecule has 2 heterocycles. The molecule has 4 aromatic rings. The highest BCUT2D eigenvalue weighted by atomic mass is 16.5. The molecule has 1 fully saturated rings. The lowest BCUT2D eigenvalue weighted by Gasteiger charge is -2.24. The lowest BCUT2D eigenvalue weighted by atomic mass is 10.0. The lowest BCUT2D eigenvalue weighted by molar-refractivity contribution is -0.111. The maximum absolute atomic E-state index is 11.7. The second-order valence-corrected chi connectivity index (χ2v) is 8.36. The summed E-state index contributed by atoms with van der Waals surface area (Å²) in [5.74, 6) is 0.877. The number of nitrogens with zero attached hydrogens (tertiary/aromatic N) is 2. The fraction of sp³-hybridized carbons (Fsp3) is 0.179. The maximum atomic E-state index is 11.7. The van der Waals surface area contributed by atoms with Gasteiger partial charge in [-0.15, -0.1) is 0 Å². The predicted octanol–water partition coefficient (Wildman–Crippen LogP) is 4.83. The number of ether oxygens (including phenoxy) is 2. The lowest BCUT2D eigenvalue weighted by Crippen LogP contribution is -2.33. The molecule has 0 radical (unpaired) electrons. The van der Waals surface area contributed by atoms with Crippen molar-refractivity contribution < 1.29 is 14.3 Å². The molecule has 3 aromatic carbocycles. The van der Waals surface area contributed by atoms with Gasteiger partial charge in [-0.3, -0.25) is 4.79 Å². The van der Waals surface area contributed by atoms with Gasteiger partial charge in [-0.05, 0) is 41.5 Å². The summed E-state index contributed by atoms with van der Waals surface area (Å²) in [6.45, 7) is 5.83. The topological polar surface area (TPSA) is 97.4 Å². The van der Waals surface area contributed by atoms with Gasteiger partial charge in [0, 0.05) is 35.9 Å². The molecule has 1 aliphatic heterocycles. The van der Waals surface area contributed by atoms with E-state index in [0.29, 0.717) is 24.0 Å². The van der Waals surface area contributed by atoms with Crippen molar-refractivity contribution in [2.45, 2.75) is 6.10 Å². The number of para-hydroxylation sites is 1. The van der Waals surface area contributed by atoms with E-state index in [1.54, 1.807) is 13.3 Å². The van der Waals surface area contributed by atoms with Gasteiger partial charge in [-0.2, -0.15) is 0 Å². The number of carbonyl (C=O) groups excluding carboxylic acids is 1. The molecule has 182 valence electrons. The van der Waals surface area contributed by atoms with E-state index in [1.165, 1.54) is 6.08 Å². The molecule has 1 aliphatic rings. The van der Waals surface area contributed by atoms with Gasteiger partial charge in [0.05, 0.1) is 31.0 Å². The largest absolute Gasteiger partial charge is 0.495 e. The van der Waals surface area contributed by atoms with Crippen molar-refractivity contribution in [3.8, 4) is 16.9 Å². The van der Waals surface area contributed by atoms with Crippen LogP contribution >= 0.6 is 0 Å². The van der Waals surface area contributed by atoms with Crippen molar-refractivity contribution in [2.75, 3.05) is 37.4 Å². The number of aromatic nitrogens is 2. The zero-order chi connectivity index (χ0) is 24.9. The molecular weight excluding hydrogens is 454 g/mol. The minimum Gasteiger partial charge on any atom is -0.495 e. The summed E-state index contributed by atoms with van der Waals surface area (Å²) in [7, 11) is 1.64. The molecule has 1 unspecified atom stereocenters. The van der Waals surface area contributed by atoms with Crippen LogP contribution in [-0.2, 0) is 9.53 Å². The molecule has 5 rings (SSSR count). The highest BCUT2D eigenvalue weighted by Crippen LogP contribution is 2.33. The fourth-order valence-corrected chi connectivity index (χ4v) is 4.22. The zero-order valence-electron chi connectivity index (χ0n) is 20.0. The van der Waals surface area contributed by atoms with E-state index < -0.39 is 0 Å². The van der Waals surface area contributed by atoms with Gasteiger partial charge in [-0.1, -0.05) is 43.0 Å². The van der Waals surface area contributed by atoms with Gasteiger partial charge >= 0.3 is 0 Å². The Balaban J connectivity index is 1.46. The molecule has 1 saturated heterocycles. The van der Waals surface area contributed by atoms with Crippen LogP contribution < -0.4 is 20.7 Å². The molecule has 36 heavy (non-hydrogen) atoms. The number of benzene rings is 3. The minimum absolute atomic E-state index is 0.00629. The van der Waals surface area contributed by atoms with E-state index in [1.807, 2.05) is 60.7 Å². The van der Waals surface area contributed by atoms with Crippen LogP contribution in [0.3, 0.4) is 0 Å². The highest BCUT2D eigenvalue weighted by Gasteiger charge is 2.18. The van der Waals surface area contributed by atoms with Crippen molar-refractivity contribution >= 4 is 34.1 Å². The summed E-state index contributed by atoms with van der Waals surface area (Å²) in [5.41, 5.74) is 5.14. The van der Waals surface area contributed by atoms with Gasteiger partial charge in [0.1, 0.15) is 5.75 Å². The van der Waals surface area contributed by atoms with E-state index in [-0.39, 0.29) is 12.0 Å². The molecule has 1 aromatic heterocycles. The van der Waals surface area contributed by atoms with Crippen molar-refractivity contribution in [3.05, 3.63) is 85.1 Å². The maximum Gasteiger partial charge on any atom is 0.247 e. The van der Waals surface area contributed by atoms with Crippen LogP contribution in [0.5, 0.6) is 5.75 Å². The van der Waals surface area contributed by atoms with Crippen LogP contribution in [0.1, 0.15) is 11.7 Å². The van der Waals surface area contributed by atoms with Crippen molar-refractivity contribution in [1.29, 1.82) is 0 Å². The van der Waals surface area contributed by atoms with E-state index in [2.05, 4.69) is 27.5 Å². The second-order valence-electron chi connectivity index (χ2n) is 8.36. The number of methoxy groups -OCH3 is 1. The Hall–Kier alpha value is -4.27. The first-order valence-electron chi connectivity index (χ1n) is 11.7. The first-order chi connectivity index (χ1) is 17.6. The molecule has 0 spiro atoms. The second kappa shape index (κ2) is 10.6. The van der Waals surface area contributed by atoms with Gasteiger partial charge in [0.2, 0.25) is 11.9 Å². The van der Waals surface area contributed by atoms with Crippen LogP contribution in [0.4, 0.5) is 17.3 Å². The first-order valence-corrected chi connectivity index (χ1v) is 11.7. The summed E-state index contributed by atoms with van der Waals surface area (Å²) in [6.07, 6.45) is 3.03. The summed E-state index contributed by atoms with van der Waals surface area (Å²) in [4.78, 5) is 21.1. The number of hydrogen-bond acceptors (Lipinski definition) is 7. The summed E-state index contributed by atoms with van der Waals surface area (Å²) in [5, 5.41) is 10.4. The Labute approximate surface area is 209 Å². The molecule has 0 bridgehead atoms. The number of hydrogen-bond donors (Lipinski definition) is 3. The standard InChI is InChI=1S/C28H27N5O3/c1-3-26(34)31-21-8-4-6-18(14-21)22-9-5-7-20-16-30-28(33-27(20)22)32-23-11-10-19(15-24(23)35-2)25-17-29-12-13-36-25/h3-11,14-16,25,29H,1,12-13,17H2,2H3,(H,31,34)(H,30,32,33). The molecular formula is C28H27N5O3. The number of anilines is 3. The number of rotatable bonds is 7. The van der Waals surface area contributed by atoms with E-state index in [9.17, 15) is 4.79 Å². The van der Waals surface area contributed by atoms with Crippen LogP contribution in [0.15, 0.2) is 79.5 Å². The van der Waals surface area contributed by atoms with Crippen LogP contribution in [-0.4, -0.2) is 42.7 Å². The Bertz CT molecular complexity index is 1420. The Morgan fingerprint density at radius 1 is 1.19 bits per heavy atom. The van der Waals surface area contributed by atoms with Crippen LogP contribution in [0.2, 0.25) is 0 Å². The predicted molar refractivity (Wildman–Crippen MR) is 142 cm³/mol. The monoisotopic (exact) mass is 481 g/mol. The molecule has 0 aliphatic carbocycles. The normalized spacial score (nSPS) is 15.3. The quantitative estimate of drug-likeness (QED) is 0.325. The Morgan fingerprint density at radius 3 is 2.89 bits per heavy atom. The van der Waals surface area contributed by atoms with Gasteiger partial charge in [0.15, 0.2) is 0 Å². The third kappa shape index (κ3) is 5.05. The SMILES string of the molecule is C=CC(=O)Nc1cccc(-c2cccc3cnc(Nc4ccc(C5CNCCO5)cc4OC)nc23)c1. The minimum atomic E-state index is -0.259. The van der Waals surface area contributed by atoms with Crippen LogP contribution in [0.25, 0.3) is 22.0 Å².